The molecule has 9 heteroatoms. The molecule has 1 aromatic carbocycles. The molecule has 118 valence electrons. The predicted octanol–water partition coefficient (Wildman–Crippen LogP) is 5.41. The maximum atomic E-state index is 10.7. The molecule has 0 N–H and O–H groups in total. The highest BCUT2D eigenvalue weighted by atomic mass is 79.9. The number of ether oxygens (including phenoxy) is 1. The molecule has 0 atom stereocenters. The molecule has 0 aliphatic heterocycles. The van der Waals surface area contributed by atoms with Gasteiger partial charge < -0.3 is 14.6 Å². The Morgan fingerprint density at radius 1 is 1.10 bits per heavy atom. The van der Waals surface area contributed by atoms with Crippen LogP contribution in [-0.2, 0) is 6.42 Å². The van der Waals surface area contributed by atoms with Gasteiger partial charge >= 0.3 is 0 Å². The zero-order valence-corrected chi connectivity index (χ0v) is 19.9. The number of rotatable bonds is 6. The van der Waals surface area contributed by atoms with Gasteiger partial charge in [-0.2, -0.15) is 0 Å². The zero-order valence-electron chi connectivity index (χ0n) is 10.4. The fourth-order valence-electron chi connectivity index (χ4n) is 1.57. The summed E-state index contributed by atoms with van der Waals surface area (Å²) >= 11 is 20.8. The number of carboxylic acid groups (broad SMARTS) is 1. The van der Waals surface area contributed by atoms with Crippen molar-refractivity contribution in [2.24, 2.45) is 5.41 Å². The van der Waals surface area contributed by atoms with Gasteiger partial charge in [0.25, 0.3) is 6.16 Å². The molecule has 21 heavy (non-hydrogen) atoms. The van der Waals surface area contributed by atoms with E-state index in [0.29, 0.717) is 15.4 Å². The monoisotopic (exact) mass is 675 g/mol. The van der Waals surface area contributed by atoms with Crippen LogP contribution in [0.2, 0.25) is 0 Å². The summed E-state index contributed by atoms with van der Waals surface area (Å²) in [6.07, 6.45) is -0.899. The molecule has 0 aliphatic rings. The number of carbonyl (C=O) groups is 1. The number of halogens is 6. The SMILES string of the molecule is O=C([O-])Oc1c(Br)cc(Br)c(CC(CBr)(CBr)CBr)c1Br. The molecule has 0 heterocycles. The first kappa shape index (κ1) is 20.4. The Kier molecular flexibility index (Phi) is 8.76. The van der Waals surface area contributed by atoms with Crippen molar-refractivity contribution in [3.8, 4) is 5.75 Å². The maximum Gasteiger partial charge on any atom is 0.257 e. The lowest BCUT2D eigenvalue weighted by atomic mass is 9.88. The van der Waals surface area contributed by atoms with E-state index in [0.717, 1.165) is 26.0 Å². The molecule has 0 saturated carbocycles. The van der Waals surface area contributed by atoms with Gasteiger partial charge in [-0.05, 0) is 49.9 Å². The topological polar surface area (TPSA) is 49.4 Å². The lowest BCUT2D eigenvalue weighted by Crippen LogP contribution is -2.30. The maximum absolute atomic E-state index is 10.7. The molecule has 0 amide bonds. The van der Waals surface area contributed by atoms with Gasteiger partial charge in [-0.1, -0.05) is 63.7 Å². The third-order valence-corrected chi connectivity index (χ3v) is 8.51. The van der Waals surface area contributed by atoms with Gasteiger partial charge in [0.2, 0.25) is 0 Å². The molecule has 3 nitrogen and oxygen atoms in total. The Hall–Kier alpha value is 1.37. The van der Waals surface area contributed by atoms with E-state index in [2.05, 4.69) is 95.6 Å². The predicted molar refractivity (Wildman–Crippen MR) is 103 cm³/mol. The highest BCUT2D eigenvalue weighted by Crippen LogP contribution is 2.43. The zero-order chi connectivity index (χ0) is 16.2. The van der Waals surface area contributed by atoms with Gasteiger partial charge in [0.15, 0.2) is 0 Å². The fourth-order valence-corrected chi connectivity index (χ4v) is 7.52. The molecule has 0 spiro atoms. The second kappa shape index (κ2) is 9.01. The van der Waals surface area contributed by atoms with E-state index in [4.69, 9.17) is 4.74 Å². The summed E-state index contributed by atoms with van der Waals surface area (Å²) in [5, 5.41) is 13.1. The van der Waals surface area contributed by atoms with Crippen LogP contribution >= 0.6 is 95.6 Å². The first-order valence-electron chi connectivity index (χ1n) is 5.53. The van der Waals surface area contributed by atoms with Crippen LogP contribution in [0, 0.1) is 5.41 Å². The molecule has 0 fully saturated rings. The summed E-state index contributed by atoms with van der Waals surface area (Å²) < 4.78 is 6.71. The third-order valence-electron chi connectivity index (χ3n) is 2.81. The van der Waals surface area contributed by atoms with Gasteiger partial charge in [0, 0.05) is 34.8 Å². The average molecular weight is 681 g/mol. The molecule has 0 unspecified atom stereocenters. The van der Waals surface area contributed by atoms with Crippen LogP contribution < -0.4 is 9.84 Å². The van der Waals surface area contributed by atoms with Crippen LogP contribution in [-0.4, -0.2) is 22.1 Å². The molecule has 0 bridgehead atoms. The Morgan fingerprint density at radius 2 is 1.62 bits per heavy atom. The minimum absolute atomic E-state index is 0.0579. The standard InChI is InChI=1S/C12H10Br6O3/c13-3-12(4-14,5-15)2-6-7(16)1-8(17)10(9(6)18)21-11(19)20/h1H,2-5H2,(H,19,20)/p-1. The van der Waals surface area contributed by atoms with Crippen LogP contribution in [0.15, 0.2) is 19.5 Å². The van der Waals surface area contributed by atoms with Crippen LogP contribution in [0.5, 0.6) is 5.75 Å². The minimum atomic E-state index is -1.60. The lowest BCUT2D eigenvalue weighted by molar-refractivity contribution is -0.271. The fraction of sp³-hybridized carbons (Fsp3) is 0.417. The molecular formula is C12H9Br6O3-. The summed E-state index contributed by atoms with van der Waals surface area (Å²) in [4.78, 5) is 10.7. The largest absolute Gasteiger partial charge is 0.512 e. The number of hydrogen-bond donors (Lipinski definition) is 0. The third kappa shape index (κ3) is 5.17. The van der Waals surface area contributed by atoms with Crippen molar-refractivity contribution in [1.29, 1.82) is 0 Å². The quantitative estimate of drug-likeness (QED) is 0.230. The van der Waals surface area contributed by atoms with Gasteiger partial charge in [-0.15, -0.1) is 0 Å². The Balaban J connectivity index is 3.33. The Morgan fingerprint density at radius 3 is 2.05 bits per heavy atom. The van der Waals surface area contributed by atoms with Crippen LogP contribution in [0.3, 0.4) is 0 Å². The van der Waals surface area contributed by atoms with E-state index in [1.807, 2.05) is 0 Å². The van der Waals surface area contributed by atoms with Gasteiger partial charge in [0.1, 0.15) is 0 Å². The molecule has 0 aromatic heterocycles. The van der Waals surface area contributed by atoms with Crippen molar-refractivity contribution in [1.82, 2.24) is 0 Å². The van der Waals surface area contributed by atoms with E-state index in [1.165, 1.54) is 0 Å². The molecule has 1 aromatic rings. The first-order chi connectivity index (χ1) is 9.80. The van der Waals surface area contributed by atoms with Gasteiger partial charge in [0.05, 0.1) is 5.75 Å². The van der Waals surface area contributed by atoms with Crippen molar-refractivity contribution in [3.63, 3.8) is 0 Å². The molecule has 0 aliphatic carbocycles. The molecular weight excluding hydrogens is 672 g/mol. The van der Waals surface area contributed by atoms with Crippen molar-refractivity contribution >= 4 is 102 Å². The molecule has 0 saturated heterocycles. The summed E-state index contributed by atoms with van der Waals surface area (Å²) in [6, 6.07) is 1.76. The van der Waals surface area contributed by atoms with Crippen LogP contribution in [0.25, 0.3) is 0 Å². The second-order valence-electron chi connectivity index (χ2n) is 4.39. The summed E-state index contributed by atoms with van der Waals surface area (Å²) in [6.45, 7) is 0. The minimum Gasteiger partial charge on any atom is -0.512 e. The first-order valence-corrected chi connectivity index (χ1v) is 11.3. The van der Waals surface area contributed by atoms with Crippen molar-refractivity contribution in [2.75, 3.05) is 16.0 Å². The number of alkyl halides is 3. The van der Waals surface area contributed by atoms with E-state index in [1.54, 1.807) is 6.07 Å². The number of benzene rings is 1. The van der Waals surface area contributed by atoms with Gasteiger partial charge in [-0.3, -0.25) is 0 Å². The van der Waals surface area contributed by atoms with Crippen LogP contribution in [0.1, 0.15) is 5.56 Å². The van der Waals surface area contributed by atoms with E-state index < -0.39 is 6.16 Å². The normalized spacial score (nSPS) is 11.5. The summed E-state index contributed by atoms with van der Waals surface area (Å²) in [7, 11) is 0. The number of carbonyl (C=O) groups excluding carboxylic acids is 1. The number of hydrogen-bond acceptors (Lipinski definition) is 3. The molecule has 0 radical (unpaired) electrons. The highest BCUT2D eigenvalue weighted by Gasteiger charge is 2.29. The lowest BCUT2D eigenvalue weighted by Gasteiger charge is -2.29. The molecule has 1 rings (SSSR count). The summed E-state index contributed by atoms with van der Waals surface area (Å²) in [5.41, 5.74) is 0.866. The smallest absolute Gasteiger partial charge is 0.257 e. The van der Waals surface area contributed by atoms with E-state index >= 15 is 0 Å². The van der Waals surface area contributed by atoms with E-state index in [9.17, 15) is 9.90 Å². The van der Waals surface area contributed by atoms with Crippen LogP contribution in [0.4, 0.5) is 4.79 Å². The Bertz CT molecular complexity index is 522. The average Bonchev–Trinajstić information content (AvgIpc) is 2.44. The van der Waals surface area contributed by atoms with Crippen molar-refractivity contribution in [2.45, 2.75) is 6.42 Å². The summed E-state index contributed by atoms with van der Waals surface area (Å²) in [5.74, 6) is 0.195. The highest BCUT2D eigenvalue weighted by molar-refractivity contribution is 9.12. The van der Waals surface area contributed by atoms with Gasteiger partial charge in [-0.25, -0.2) is 0 Å². The van der Waals surface area contributed by atoms with Crippen molar-refractivity contribution < 1.29 is 14.6 Å². The Labute approximate surface area is 173 Å². The van der Waals surface area contributed by atoms with E-state index in [-0.39, 0.29) is 11.2 Å². The second-order valence-corrected chi connectivity index (χ2v) is 8.58. The van der Waals surface area contributed by atoms with Crippen molar-refractivity contribution in [3.05, 3.63) is 25.0 Å².